The number of hydrogen-bond donors (Lipinski definition) is 6. The van der Waals surface area contributed by atoms with Crippen LogP contribution in [0.25, 0.3) is 0 Å². The van der Waals surface area contributed by atoms with Gasteiger partial charge >= 0.3 is 6.18 Å². The van der Waals surface area contributed by atoms with Gasteiger partial charge in [-0.05, 0) is 262 Å². The summed E-state index contributed by atoms with van der Waals surface area (Å²) < 4.78 is 125. The summed E-state index contributed by atoms with van der Waals surface area (Å²) in [6.07, 6.45) is 20.3. The van der Waals surface area contributed by atoms with E-state index in [1.807, 2.05) is 107 Å². The zero-order chi connectivity index (χ0) is 105. The second-order valence-electron chi connectivity index (χ2n) is 40.2. The molecule has 6 N–H and O–H groups in total. The lowest BCUT2D eigenvalue weighted by molar-refractivity contribution is -0.158. The highest BCUT2D eigenvalue weighted by atomic mass is 19.4. The third-order valence-electron chi connectivity index (χ3n) is 27.5. The van der Waals surface area contributed by atoms with Crippen LogP contribution in [-0.2, 0) is 39.6 Å². The van der Waals surface area contributed by atoms with Gasteiger partial charge in [0.25, 0.3) is 35.4 Å². The van der Waals surface area contributed by atoms with Crippen molar-refractivity contribution in [1.82, 2.24) is 61.8 Å². The molecule has 7 aliphatic rings. The first-order chi connectivity index (χ1) is 71.1. The molecule has 24 nitrogen and oxygen atoms in total. The number of amides is 6. The summed E-state index contributed by atoms with van der Waals surface area (Å²) in [5.41, 5.74) is 7.64. The quantitative estimate of drug-likeness (QED) is 0.0208. The van der Waals surface area contributed by atoms with E-state index < -0.39 is 24.0 Å². The molecule has 148 heavy (non-hydrogen) atoms. The van der Waals surface area contributed by atoms with E-state index in [0.29, 0.717) is 124 Å². The molecule has 7 aliphatic carbocycles. The first-order valence-corrected chi connectivity index (χ1v) is 50.6. The Bertz CT molecular complexity index is 6210. The molecule has 6 amide bonds. The largest absolute Gasteiger partial charge is 0.473 e. The second kappa shape index (κ2) is 54.1. The molecule has 0 spiro atoms. The fourth-order valence-electron chi connectivity index (χ4n) is 17.8. The number of hydrogen-bond acceptors (Lipinski definition) is 18. The topological polar surface area (TPSA) is 307 Å². The molecule has 0 aliphatic heterocycles. The number of nitrogens with zero attached hydrogens (tertiary/aromatic N) is 6. The number of rotatable bonds is 33. The minimum Gasteiger partial charge on any atom is -0.473 e. The van der Waals surface area contributed by atoms with Gasteiger partial charge < -0.3 is 60.3 Å². The Morgan fingerprint density at radius 1 is 0.338 bits per heavy atom. The van der Waals surface area contributed by atoms with Crippen molar-refractivity contribution in [2.45, 2.75) is 234 Å². The van der Waals surface area contributed by atoms with Crippen molar-refractivity contribution in [2.24, 2.45) is 52.8 Å². The Morgan fingerprint density at radius 3 is 0.959 bits per heavy atom. The predicted octanol–water partition coefficient (Wildman–Crippen LogP) is 23.3. The smallest absolute Gasteiger partial charge is 0.408 e. The van der Waals surface area contributed by atoms with Gasteiger partial charge in [-0.25, -0.2) is 47.5 Å². The first kappa shape index (κ1) is 111. The van der Waals surface area contributed by atoms with Crippen LogP contribution in [0.15, 0.2) is 268 Å². The zero-order valence-electron chi connectivity index (χ0n) is 84.9. The number of alkyl halides is 3. The van der Waals surface area contributed by atoms with Gasteiger partial charge in [-0.15, -0.1) is 0 Å². The highest BCUT2D eigenvalue weighted by Crippen LogP contribution is 2.54. The van der Waals surface area contributed by atoms with E-state index in [1.54, 1.807) is 116 Å². The van der Waals surface area contributed by atoms with Crippen molar-refractivity contribution in [3.63, 3.8) is 0 Å². The summed E-state index contributed by atoms with van der Waals surface area (Å²) in [5.74, 6) is 4.01. The number of aromatic nitrogens is 6. The molecule has 4 bridgehead atoms. The number of halogens is 7. The van der Waals surface area contributed by atoms with E-state index in [2.05, 4.69) is 84.2 Å². The molecule has 12 aromatic rings. The van der Waals surface area contributed by atoms with Gasteiger partial charge in [0.1, 0.15) is 69.0 Å². The molecule has 780 valence electrons. The maximum atomic E-state index is 13.1. The molecule has 0 radical (unpaired) electrons. The summed E-state index contributed by atoms with van der Waals surface area (Å²) in [7, 11) is 0. The fraction of sp³-hybridized carbons (Fsp3) is 0.385. The summed E-state index contributed by atoms with van der Waals surface area (Å²) in [6, 6.07) is 63.3. The van der Waals surface area contributed by atoms with Crippen molar-refractivity contribution in [1.29, 1.82) is 0 Å². The van der Waals surface area contributed by atoms with E-state index in [-0.39, 0.29) is 120 Å². The zero-order valence-corrected chi connectivity index (χ0v) is 84.9. The maximum absolute atomic E-state index is 13.1. The number of benzene rings is 6. The second-order valence-corrected chi connectivity index (χ2v) is 40.2. The molecule has 31 heteroatoms. The standard InChI is InChI=1S/C23H26N2O2.C20H24N2O2.C19H21FN2O2.C19H23FN2O2.C18H16F4N2O2.C18H21FN2O2/c26-23(25-22-19-9-16-8-17(11-19)12-20(22)10-16)18-6-7-21(24-13-18)27-14-15-4-2-1-3-5-15;1-15-7-5-6-10-18(15)22-20(23)17-11-12-19(21-13-17)24-14-16-8-3-2-4-9-16;1-13(15-5-3-6-15)22-19(23)16-8-9-18(21-11-16)24-12-14-4-2-7-17(20)10-14;1-13(19(2,3)4)22-18(23)15-8-9-17(21-11-15)24-12-14-6-5-7-16(20)10-14;19-14-3-1-2-11(8-14)10-26-15-7-6-13(9-23-15)17(25)24-16(12-4-5-12)18(20,21)22;1-12(2)13(3)21-18(22)15-7-8-17(20-10-15)23-11-14-5-4-6-16(19)9-14/h1-7,13,16-17,19-20,22H,8-12,14H2,(H,25,26);2-4,8-9,11-13,15,18H,5-7,10,14H2,1H3,(H,22,23);2,4,7-11,13,15H,3,5-6,12H2,1H3,(H,22,23);5-11,13H,12H2,1-4H3,(H,22,23);1-3,6-9,12,16H,4-5,10H2,(H,24,25);4-10,12-13H,11H2,1-3H3,(H,21,22)/t;;2*13-;16-;13-/m..1101/s1. The molecule has 6 aromatic carbocycles. The minimum atomic E-state index is -4.47. The van der Waals surface area contributed by atoms with Crippen LogP contribution in [0, 0.1) is 76.0 Å². The van der Waals surface area contributed by atoms with Crippen LogP contribution in [0.3, 0.4) is 0 Å². The lowest BCUT2D eigenvalue weighted by Gasteiger charge is -2.54. The van der Waals surface area contributed by atoms with Gasteiger partial charge in [-0.2, -0.15) is 13.2 Å². The number of nitrogens with one attached hydrogen (secondary N) is 6. The highest BCUT2D eigenvalue weighted by molar-refractivity contribution is 5.97. The Labute approximate surface area is 860 Å². The predicted molar refractivity (Wildman–Crippen MR) is 550 cm³/mol. The monoisotopic (exact) mass is 2030 g/mol. The van der Waals surface area contributed by atoms with Gasteiger partial charge in [0, 0.05) is 104 Å². The molecule has 19 rings (SSSR count). The first-order valence-electron chi connectivity index (χ1n) is 50.6. The summed E-state index contributed by atoms with van der Waals surface area (Å²) in [5, 5.41) is 17.4. The molecular weight excluding hydrogens is 1900 g/mol. The molecule has 6 aromatic heterocycles. The summed E-state index contributed by atoms with van der Waals surface area (Å²) >= 11 is 0. The normalized spacial score (nSPS) is 18.0. The van der Waals surface area contributed by atoms with Crippen LogP contribution in [0.4, 0.5) is 30.7 Å². The average Bonchev–Trinajstić information content (AvgIpc) is 0.963. The molecule has 6 atom stereocenters. The van der Waals surface area contributed by atoms with Crippen molar-refractivity contribution in [2.75, 3.05) is 0 Å². The summed E-state index contributed by atoms with van der Waals surface area (Å²) in [6.45, 7) is 20.2. The third-order valence-corrected chi connectivity index (χ3v) is 27.5. The Balaban J connectivity index is 0.000000148. The van der Waals surface area contributed by atoms with Gasteiger partial charge in [-0.1, -0.05) is 170 Å². The number of carbonyl (C=O) groups excluding carboxylic acids is 6. The Morgan fingerprint density at radius 2 is 0.655 bits per heavy atom. The van der Waals surface area contributed by atoms with Crippen LogP contribution in [0.5, 0.6) is 35.3 Å². The average molecular weight is 2030 g/mol. The van der Waals surface area contributed by atoms with Gasteiger partial charge in [0.15, 0.2) is 0 Å². The van der Waals surface area contributed by atoms with E-state index in [4.69, 9.17) is 28.4 Å². The molecule has 6 heterocycles. The number of pyridine rings is 6. The van der Waals surface area contributed by atoms with Crippen LogP contribution >= 0.6 is 0 Å². The maximum Gasteiger partial charge on any atom is 0.408 e. The van der Waals surface area contributed by atoms with Crippen LogP contribution in [0.2, 0.25) is 0 Å². The molecule has 7 fully saturated rings. The van der Waals surface area contributed by atoms with Crippen molar-refractivity contribution in [3.05, 3.63) is 358 Å². The molecule has 2 unspecified atom stereocenters. The third kappa shape index (κ3) is 35.3. The van der Waals surface area contributed by atoms with Crippen LogP contribution in [0.1, 0.15) is 248 Å². The Hall–Kier alpha value is -14.7. The van der Waals surface area contributed by atoms with Gasteiger partial charge in [0.2, 0.25) is 35.3 Å². The van der Waals surface area contributed by atoms with Gasteiger partial charge in [-0.3, -0.25) is 28.8 Å². The lowest BCUT2D eigenvalue weighted by Crippen LogP contribution is -2.55. The lowest BCUT2D eigenvalue weighted by atomic mass is 9.54. The van der Waals surface area contributed by atoms with E-state index >= 15 is 0 Å². The molecular formula is C117H131F7N12O12. The van der Waals surface area contributed by atoms with E-state index in [9.17, 15) is 59.5 Å². The minimum absolute atomic E-state index is 0.00887. The van der Waals surface area contributed by atoms with Crippen molar-refractivity contribution >= 4 is 35.4 Å². The number of carbonyl (C=O) groups is 6. The highest BCUT2D eigenvalue weighted by Gasteiger charge is 2.51. The van der Waals surface area contributed by atoms with Gasteiger partial charge in [0.05, 0.1) is 33.4 Å². The van der Waals surface area contributed by atoms with E-state index in [1.165, 1.54) is 150 Å². The SMILES string of the molecule is CC(C)[C@@H](C)NC(=O)c1ccc(OCc2cccc(F)c2)nc1.CC1CCCCC1NC(=O)c1ccc(OCc2ccccc2)nc1.C[C@@H](NC(=O)c1ccc(OCc2cccc(F)c2)nc1)C(C)(C)C.C[C@@H](NC(=O)c1ccc(OCc2cccc(F)c2)nc1)C1CCC1.O=C(NC1C2CC3CC(C2)CC1C3)c1ccc(OCc2ccccc2)nc1.O=C(N[C@@H](C1CC1)C(F)(F)F)c1ccc(OCc2cccc(F)c2)nc1. The van der Waals surface area contributed by atoms with Crippen molar-refractivity contribution < 1.29 is 87.9 Å². The summed E-state index contributed by atoms with van der Waals surface area (Å²) in [4.78, 5) is 98.4. The number of ether oxygens (including phenoxy) is 6. The molecule has 0 saturated heterocycles. The van der Waals surface area contributed by atoms with Crippen LogP contribution < -0.4 is 60.3 Å². The van der Waals surface area contributed by atoms with Crippen LogP contribution in [-0.4, -0.2) is 108 Å². The molecule has 7 saturated carbocycles. The van der Waals surface area contributed by atoms with E-state index in [0.717, 1.165) is 52.3 Å². The fourth-order valence-corrected chi connectivity index (χ4v) is 17.8. The Kier molecular flexibility index (Phi) is 40.5. The van der Waals surface area contributed by atoms with Crippen molar-refractivity contribution in [3.8, 4) is 35.3 Å².